The molecule has 2 aliphatic rings. The van der Waals surface area contributed by atoms with Gasteiger partial charge in [0, 0.05) is 63.4 Å². The van der Waals surface area contributed by atoms with Crippen LogP contribution in [0.3, 0.4) is 0 Å². The van der Waals surface area contributed by atoms with Crippen molar-refractivity contribution in [2.75, 3.05) is 38.1 Å². The number of aromatic hydroxyl groups is 1. The summed E-state index contributed by atoms with van der Waals surface area (Å²) in [6, 6.07) is 14.2. The summed E-state index contributed by atoms with van der Waals surface area (Å²) in [4.78, 5) is 21.5. The molecule has 0 bridgehead atoms. The maximum absolute atomic E-state index is 10.1. The van der Waals surface area contributed by atoms with Crippen molar-refractivity contribution in [3.8, 4) is 5.75 Å². The van der Waals surface area contributed by atoms with E-state index in [1.807, 2.05) is 42.7 Å². The molecular formula is C28H33N7O. The number of para-hydroxylation sites is 1. The van der Waals surface area contributed by atoms with E-state index in [0.29, 0.717) is 11.8 Å². The van der Waals surface area contributed by atoms with Crippen molar-refractivity contribution in [1.82, 2.24) is 29.2 Å². The van der Waals surface area contributed by atoms with Gasteiger partial charge in [0.1, 0.15) is 11.4 Å². The summed E-state index contributed by atoms with van der Waals surface area (Å²) in [6.45, 7) is 5.15. The van der Waals surface area contributed by atoms with Crippen molar-refractivity contribution >= 4 is 11.6 Å². The summed E-state index contributed by atoms with van der Waals surface area (Å²) in [5, 5.41) is 10.1. The summed E-state index contributed by atoms with van der Waals surface area (Å²) in [6.07, 6.45) is 9.37. The number of fused-ring (bicyclic) bond motifs is 2. The molecule has 0 saturated carbocycles. The average Bonchev–Trinajstić information content (AvgIpc) is 3.32. The average molecular weight is 484 g/mol. The van der Waals surface area contributed by atoms with Gasteiger partial charge in [-0.3, -0.25) is 19.2 Å². The van der Waals surface area contributed by atoms with E-state index in [1.165, 1.54) is 17.7 Å². The number of phenols is 1. The van der Waals surface area contributed by atoms with Crippen LogP contribution >= 0.6 is 0 Å². The highest BCUT2D eigenvalue weighted by molar-refractivity contribution is 5.48. The van der Waals surface area contributed by atoms with Crippen LogP contribution in [0.1, 0.15) is 41.4 Å². The first-order chi connectivity index (χ1) is 17.7. The van der Waals surface area contributed by atoms with Crippen molar-refractivity contribution in [3.05, 3.63) is 83.6 Å². The number of aromatic nitrogens is 4. The molecule has 0 unspecified atom stereocenters. The van der Waals surface area contributed by atoms with Gasteiger partial charge in [0.2, 0.25) is 5.95 Å². The molecule has 1 fully saturated rings. The molecule has 1 atom stereocenters. The summed E-state index contributed by atoms with van der Waals surface area (Å²) in [5.74, 6) is 1.32. The molecule has 8 heteroatoms. The van der Waals surface area contributed by atoms with Crippen molar-refractivity contribution in [2.45, 2.75) is 38.4 Å². The second kappa shape index (κ2) is 9.87. The minimum atomic E-state index is 0.328. The van der Waals surface area contributed by atoms with E-state index in [9.17, 15) is 5.11 Å². The molecule has 1 aliphatic heterocycles. The Labute approximate surface area is 211 Å². The fourth-order valence-corrected chi connectivity index (χ4v) is 5.64. The Morgan fingerprint density at radius 1 is 1.00 bits per heavy atom. The zero-order chi connectivity index (χ0) is 24.5. The van der Waals surface area contributed by atoms with Gasteiger partial charge in [-0.1, -0.05) is 24.3 Å². The molecule has 1 N–H and O–H groups in total. The number of hydrogen-bond acceptors (Lipinski definition) is 7. The van der Waals surface area contributed by atoms with E-state index >= 15 is 0 Å². The Hall–Kier alpha value is -3.49. The molecule has 186 valence electrons. The highest BCUT2D eigenvalue weighted by atomic mass is 16.3. The second-order valence-electron chi connectivity index (χ2n) is 9.97. The van der Waals surface area contributed by atoms with Crippen molar-refractivity contribution in [2.24, 2.45) is 0 Å². The Morgan fingerprint density at radius 3 is 2.72 bits per heavy atom. The number of piperazine rings is 1. The highest BCUT2D eigenvalue weighted by Gasteiger charge is 2.26. The van der Waals surface area contributed by atoms with Crippen LogP contribution in [0.25, 0.3) is 5.65 Å². The van der Waals surface area contributed by atoms with Gasteiger partial charge in [-0.05, 0) is 50.1 Å². The van der Waals surface area contributed by atoms with Gasteiger partial charge < -0.3 is 10.0 Å². The molecule has 0 spiro atoms. The van der Waals surface area contributed by atoms with Crippen molar-refractivity contribution in [1.29, 1.82) is 0 Å². The normalized spacial score (nSPS) is 18.6. The lowest BCUT2D eigenvalue weighted by atomic mass is 9.91. The second-order valence-corrected chi connectivity index (χ2v) is 9.97. The number of hydrogen-bond donors (Lipinski definition) is 1. The van der Waals surface area contributed by atoms with Gasteiger partial charge in [0.05, 0.1) is 17.4 Å². The van der Waals surface area contributed by atoms with E-state index in [2.05, 4.69) is 38.4 Å². The first-order valence-corrected chi connectivity index (χ1v) is 12.9. The zero-order valence-electron chi connectivity index (χ0n) is 20.8. The van der Waals surface area contributed by atoms with E-state index in [0.717, 1.165) is 75.0 Å². The smallest absolute Gasteiger partial charge is 0.211 e. The van der Waals surface area contributed by atoms with E-state index in [1.54, 1.807) is 6.07 Å². The van der Waals surface area contributed by atoms with E-state index < -0.39 is 0 Å². The maximum Gasteiger partial charge on any atom is 0.211 e. The Balaban J connectivity index is 1.15. The molecule has 0 amide bonds. The molecular weight excluding hydrogens is 450 g/mol. The maximum atomic E-state index is 10.1. The third kappa shape index (κ3) is 4.54. The topological polar surface area (TPSA) is 73.0 Å². The molecule has 1 saturated heterocycles. The lowest BCUT2D eigenvalue weighted by Gasteiger charge is -2.35. The summed E-state index contributed by atoms with van der Waals surface area (Å²) < 4.78 is 2.13. The molecule has 0 radical (unpaired) electrons. The van der Waals surface area contributed by atoms with Crippen LogP contribution in [-0.2, 0) is 19.5 Å². The standard InChI is InChI=1S/C28H33N7O/c1-32(24-9-4-7-21-8-5-12-29-27(21)24)19-23-20-35-26(31-23)11-13-30-28(35)34-16-14-33(15-17-34)18-22-6-2-3-10-25(22)36/h2-3,5-6,8,10-13,20,24,36H,4,7,9,14-19H2,1H3/t24-/m0/s1. The van der Waals surface area contributed by atoms with Crippen LogP contribution in [0.4, 0.5) is 5.95 Å². The van der Waals surface area contributed by atoms with Gasteiger partial charge in [0.15, 0.2) is 0 Å². The largest absolute Gasteiger partial charge is 0.508 e. The van der Waals surface area contributed by atoms with E-state index in [4.69, 9.17) is 15.0 Å². The predicted octanol–water partition coefficient (Wildman–Crippen LogP) is 3.66. The highest BCUT2D eigenvalue weighted by Crippen LogP contribution is 2.32. The number of benzene rings is 1. The fourth-order valence-electron chi connectivity index (χ4n) is 5.64. The van der Waals surface area contributed by atoms with E-state index in [-0.39, 0.29) is 0 Å². The molecule has 36 heavy (non-hydrogen) atoms. The number of imidazole rings is 1. The van der Waals surface area contributed by atoms with Crippen LogP contribution in [0.5, 0.6) is 5.75 Å². The van der Waals surface area contributed by atoms with Crippen LogP contribution in [0, 0.1) is 0 Å². The van der Waals surface area contributed by atoms with Gasteiger partial charge >= 0.3 is 0 Å². The fraction of sp³-hybridized carbons (Fsp3) is 0.393. The summed E-state index contributed by atoms with van der Waals surface area (Å²) in [5.41, 5.74) is 5.56. The van der Waals surface area contributed by atoms with Gasteiger partial charge in [-0.15, -0.1) is 0 Å². The molecule has 8 nitrogen and oxygen atoms in total. The zero-order valence-corrected chi connectivity index (χ0v) is 20.8. The molecule has 4 heterocycles. The predicted molar refractivity (Wildman–Crippen MR) is 140 cm³/mol. The van der Waals surface area contributed by atoms with Crippen LogP contribution in [0.2, 0.25) is 0 Å². The number of anilines is 1. The molecule has 1 aliphatic carbocycles. The minimum Gasteiger partial charge on any atom is -0.508 e. The van der Waals surface area contributed by atoms with Gasteiger partial charge in [-0.2, -0.15) is 0 Å². The molecule has 6 rings (SSSR count). The van der Waals surface area contributed by atoms with Crippen molar-refractivity contribution in [3.63, 3.8) is 0 Å². The molecule has 1 aromatic carbocycles. The number of phenolic OH excluding ortho intramolecular Hbond substituents is 1. The third-order valence-electron chi connectivity index (χ3n) is 7.56. The first kappa shape index (κ1) is 22.9. The Bertz CT molecular complexity index is 1340. The number of pyridine rings is 1. The van der Waals surface area contributed by atoms with Crippen molar-refractivity contribution < 1.29 is 5.11 Å². The van der Waals surface area contributed by atoms with Crippen LogP contribution < -0.4 is 4.90 Å². The number of nitrogens with zero attached hydrogens (tertiary/aromatic N) is 7. The molecule has 3 aromatic heterocycles. The van der Waals surface area contributed by atoms with Crippen LogP contribution in [-0.4, -0.2) is 67.5 Å². The SMILES string of the molecule is CN(Cc1cn2c(N3CCN(Cc4ccccc4O)CC3)nccc2n1)[C@H]1CCCc2cccnc21. The first-order valence-electron chi connectivity index (χ1n) is 12.9. The monoisotopic (exact) mass is 483 g/mol. The minimum absolute atomic E-state index is 0.328. The van der Waals surface area contributed by atoms with Gasteiger partial charge in [-0.25, -0.2) is 9.97 Å². The summed E-state index contributed by atoms with van der Waals surface area (Å²) in [7, 11) is 2.18. The Morgan fingerprint density at radius 2 is 1.86 bits per heavy atom. The number of aryl methyl sites for hydroxylation is 1. The van der Waals surface area contributed by atoms with Crippen LogP contribution in [0.15, 0.2) is 61.1 Å². The third-order valence-corrected chi connectivity index (χ3v) is 7.56. The summed E-state index contributed by atoms with van der Waals surface area (Å²) >= 11 is 0. The Kier molecular flexibility index (Phi) is 6.29. The van der Waals surface area contributed by atoms with Gasteiger partial charge in [0.25, 0.3) is 0 Å². The molecule has 4 aromatic rings. The lowest BCUT2D eigenvalue weighted by molar-refractivity contribution is 0.206. The quantitative estimate of drug-likeness (QED) is 0.449. The lowest BCUT2D eigenvalue weighted by Crippen LogP contribution is -2.46. The number of rotatable bonds is 6.